The van der Waals surface area contributed by atoms with Gasteiger partial charge in [-0.25, -0.2) is 4.79 Å². The first-order valence-electron chi connectivity index (χ1n) is 5.60. The molecule has 1 N–H and O–H groups in total. The van der Waals surface area contributed by atoms with Gasteiger partial charge < -0.3 is 9.84 Å². The summed E-state index contributed by atoms with van der Waals surface area (Å²) in [4.78, 5) is 11.4. The summed E-state index contributed by atoms with van der Waals surface area (Å²) in [6, 6.07) is 9.53. The van der Waals surface area contributed by atoms with Crippen molar-refractivity contribution in [3.63, 3.8) is 0 Å². The molecule has 0 saturated carbocycles. The van der Waals surface area contributed by atoms with Crippen LogP contribution in [0.5, 0.6) is 0 Å². The van der Waals surface area contributed by atoms with Crippen LogP contribution in [-0.2, 0) is 9.53 Å². The number of esters is 1. The van der Waals surface area contributed by atoms with Crippen molar-refractivity contribution >= 4 is 5.97 Å². The fourth-order valence-corrected chi connectivity index (χ4v) is 1.73. The highest BCUT2D eigenvalue weighted by Gasteiger charge is 2.26. The van der Waals surface area contributed by atoms with Gasteiger partial charge in [-0.05, 0) is 18.9 Å². The molecular formula is C13H18O3. The van der Waals surface area contributed by atoms with E-state index < -0.39 is 12.1 Å². The highest BCUT2D eigenvalue weighted by Crippen LogP contribution is 2.23. The van der Waals surface area contributed by atoms with Crippen molar-refractivity contribution in [2.75, 3.05) is 6.61 Å². The minimum Gasteiger partial charge on any atom is -0.464 e. The van der Waals surface area contributed by atoms with Crippen LogP contribution in [0, 0.1) is 0 Å². The summed E-state index contributed by atoms with van der Waals surface area (Å²) in [5, 5.41) is 9.89. The van der Waals surface area contributed by atoms with Crippen LogP contribution in [0.3, 0.4) is 0 Å². The minimum atomic E-state index is -1.08. The van der Waals surface area contributed by atoms with E-state index in [-0.39, 0.29) is 5.92 Å². The summed E-state index contributed by atoms with van der Waals surface area (Å²) in [5.41, 5.74) is 0.963. The number of ether oxygens (including phenoxy) is 1. The quantitative estimate of drug-likeness (QED) is 0.776. The van der Waals surface area contributed by atoms with Crippen molar-refractivity contribution < 1.29 is 14.6 Å². The first-order chi connectivity index (χ1) is 7.70. The van der Waals surface area contributed by atoms with Crippen molar-refractivity contribution in [2.45, 2.75) is 32.3 Å². The topological polar surface area (TPSA) is 46.5 Å². The Morgan fingerprint density at radius 1 is 1.31 bits per heavy atom. The maximum atomic E-state index is 11.4. The van der Waals surface area contributed by atoms with E-state index in [1.807, 2.05) is 37.3 Å². The molecular weight excluding hydrogens is 204 g/mol. The van der Waals surface area contributed by atoms with Crippen LogP contribution in [0.4, 0.5) is 0 Å². The van der Waals surface area contributed by atoms with Gasteiger partial charge in [0.1, 0.15) is 0 Å². The normalized spacial score (nSPS) is 14.2. The molecule has 0 amide bonds. The molecule has 1 aromatic carbocycles. The maximum absolute atomic E-state index is 11.4. The Morgan fingerprint density at radius 3 is 2.44 bits per heavy atom. The van der Waals surface area contributed by atoms with Gasteiger partial charge in [-0.15, -0.1) is 0 Å². The number of carbonyl (C=O) groups is 1. The lowest BCUT2D eigenvalue weighted by Crippen LogP contribution is -2.29. The number of aliphatic hydroxyl groups is 1. The average molecular weight is 222 g/mol. The van der Waals surface area contributed by atoms with Crippen molar-refractivity contribution in [3.05, 3.63) is 35.9 Å². The van der Waals surface area contributed by atoms with E-state index in [0.717, 1.165) is 5.56 Å². The van der Waals surface area contributed by atoms with Crippen molar-refractivity contribution in [2.24, 2.45) is 0 Å². The molecule has 0 spiro atoms. The molecule has 2 unspecified atom stereocenters. The second-order valence-electron chi connectivity index (χ2n) is 3.62. The fraction of sp³-hybridized carbons (Fsp3) is 0.462. The molecule has 2 atom stereocenters. The molecule has 3 nitrogen and oxygen atoms in total. The second kappa shape index (κ2) is 6.28. The summed E-state index contributed by atoms with van der Waals surface area (Å²) >= 11 is 0. The zero-order valence-corrected chi connectivity index (χ0v) is 9.72. The maximum Gasteiger partial charge on any atom is 0.335 e. The lowest BCUT2D eigenvalue weighted by atomic mass is 9.91. The predicted octanol–water partition coefficient (Wildman–Crippen LogP) is 2.10. The standard InChI is InChI=1S/C13H18O3/c1-3-11(10-8-6-5-7-9-10)12(14)13(15)16-4-2/h5-9,11-12,14H,3-4H2,1-2H3. The van der Waals surface area contributed by atoms with Crippen LogP contribution in [0.1, 0.15) is 31.7 Å². The molecule has 0 aliphatic rings. The zero-order chi connectivity index (χ0) is 12.0. The van der Waals surface area contributed by atoms with Crippen LogP contribution in [0.15, 0.2) is 30.3 Å². The van der Waals surface area contributed by atoms with E-state index in [1.54, 1.807) is 6.92 Å². The molecule has 0 aromatic heterocycles. The molecule has 1 rings (SSSR count). The van der Waals surface area contributed by atoms with E-state index in [0.29, 0.717) is 13.0 Å². The number of rotatable bonds is 5. The van der Waals surface area contributed by atoms with E-state index in [1.165, 1.54) is 0 Å². The minimum absolute atomic E-state index is 0.194. The summed E-state index contributed by atoms with van der Waals surface area (Å²) in [7, 11) is 0. The molecule has 0 radical (unpaired) electrons. The largest absolute Gasteiger partial charge is 0.464 e. The van der Waals surface area contributed by atoms with Gasteiger partial charge in [0.15, 0.2) is 6.10 Å². The predicted molar refractivity (Wildman–Crippen MR) is 62.1 cm³/mol. The molecule has 88 valence electrons. The number of aliphatic hydroxyl groups excluding tert-OH is 1. The summed E-state index contributed by atoms with van der Waals surface area (Å²) in [5.74, 6) is -0.738. The summed E-state index contributed by atoms with van der Waals surface area (Å²) in [6.45, 7) is 3.97. The van der Waals surface area contributed by atoms with Gasteiger partial charge >= 0.3 is 5.97 Å². The van der Waals surface area contributed by atoms with Crippen LogP contribution in [-0.4, -0.2) is 23.8 Å². The molecule has 0 heterocycles. The van der Waals surface area contributed by atoms with E-state index in [4.69, 9.17) is 4.74 Å². The highest BCUT2D eigenvalue weighted by atomic mass is 16.5. The Labute approximate surface area is 96.1 Å². The van der Waals surface area contributed by atoms with Gasteiger partial charge in [-0.2, -0.15) is 0 Å². The monoisotopic (exact) mass is 222 g/mol. The Morgan fingerprint density at radius 2 is 1.94 bits per heavy atom. The van der Waals surface area contributed by atoms with E-state index in [9.17, 15) is 9.90 Å². The van der Waals surface area contributed by atoms with E-state index in [2.05, 4.69) is 0 Å². The first kappa shape index (κ1) is 12.7. The lowest BCUT2D eigenvalue weighted by Gasteiger charge is -2.20. The van der Waals surface area contributed by atoms with Crippen LogP contribution in [0.25, 0.3) is 0 Å². The van der Waals surface area contributed by atoms with E-state index >= 15 is 0 Å². The molecule has 16 heavy (non-hydrogen) atoms. The van der Waals surface area contributed by atoms with Gasteiger partial charge in [0.05, 0.1) is 6.61 Å². The van der Waals surface area contributed by atoms with Crippen molar-refractivity contribution in [1.82, 2.24) is 0 Å². The first-order valence-corrected chi connectivity index (χ1v) is 5.60. The summed E-state index contributed by atoms with van der Waals surface area (Å²) < 4.78 is 4.82. The average Bonchev–Trinajstić information content (AvgIpc) is 2.31. The molecule has 0 saturated heterocycles. The SMILES string of the molecule is CCOC(=O)C(O)C(CC)c1ccccc1. The van der Waals surface area contributed by atoms with Crippen LogP contribution < -0.4 is 0 Å². The highest BCUT2D eigenvalue weighted by molar-refractivity contribution is 5.75. The Kier molecular flexibility index (Phi) is 4.99. The molecule has 1 aromatic rings. The third kappa shape index (κ3) is 3.07. The second-order valence-corrected chi connectivity index (χ2v) is 3.62. The summed E-state index contributed by atoms with van der Waals surface area (Å²) in [6.07, 6.45) is -0.378. The third-order valence-corrected chi connectivity index (χ3v) is 2.58. The molecule has 0 bridgehead atoms. The van der Waals surface area contributed by atoms with Crippen LogP contribution in [0.2, 0.25) is 0 Å². The van der Waals surface area contributed by atoms with Gasteiger partial charge in [0.25, 0.3) is 0 Å². The van der Waals surface area contributed by atoms with Gasteiger partial charge in [0.2, 0.25) is 0 Å². The van der Waals surface area contributed by atoms with Crippen molar-refractivity contribution in [1.29, 1.82) is 0 Å². The fourth-order valence-electron chi connectivity index (χ4n) is 1.73. The molecule has 0 fully saturated rings. The van der Waals surface area contributed by atoms with Gasteiger partial charge in [0, 0.05) is 5.92 Å². The molecule has 0 aliphatic heterocycles. The zero-order valence-electron chi connectivity index (χ0n) is 9.72. The number of hydrogen-bond acceptors (Lipinski definition) is 3. The number of carbonyl (C=O) groups excluding carboxylic acids is 1. The lowest BCUT2D eigenvalue weighted by molar-refractivity contribution is -0.154. The smallest absolute Gasteiger partial charge is 0.335 e. The molecule has 3 heteroatoms. The Bertz CT molecular complexity index is 321. The van der Waals surface area contributed by atoms with Gasteiger partial charge in [-0.1, -0.05) is 37.3 Å². The Hall–Kier alpha value is -1.35. The number of benzene rings is 1. The molecule has 0 aliphatic carbocycles. The van der Waals surface area contributed by atoms with Crippen LogP contribution >= 0.6 is 0 Å². The van der Waals surface area contributed by atoms with Gasteiger partial charge in [-0.3, -0.25) is 0 Å². The van der Waals surface area contributed by atoms with Crippen molar-refractivity contribution in [3.8, 4) is 0 Å². The number of hydrogen-bond donors (Lipinski definition) is 1. The third-order valence-electron chi connectivity index (χ3n) is 2.58. The Balaban J connectivity index is 2.78.